The zero-order valence-electron chi connectivity index (χ0n) is 15.8. The van der Waals surface area contributed by atoms with Gasteiger partial charge in [0.05, 0.1) is 12.1 Å². The lowest BCUT2D eigenvalue weighted by molar-refractivity contribution is -0.133. The van der Waals surface area contributed by atoms with Crippen LogP contribution in [0.3, 0.4) is 0 Å². The summed E-state index contributed by atoms with van der Waals surface area (Å²) in [5.74, 6) is 0.151. The highest BCUT2D eigenvalue weighted by Crippen LogP contribution is 2.27. The predicted molar refractivity (Wildman–Crippen MR) is 108 cm³/mol. The Hall–Kier alpha value is -2.38. The number of carbonyl (C=O) groups excluding carboxylic acids is 1. The topological polar surface area (TPSA) is 62.2 Å². The summed E-state index contributed by atoms with van der Waals surface area (Å²) in [6.45, 7) is 6.60. The van der Waals surface area contributed by atoms with Gasteiger partial charge in [0.15, 0.2) is 0 Å². The van der Waals surface area contributed by atoms with E-state index >= 15 is 0 Å². The summed E-state index contributed by atoms with van der Waals surface area (Å²) in [4.78, 5) is 21.4. The fourth-order valence-electron chi connectivity index (χ4n) is 3.37. The lowest BCUT2D eigenvalue weighted by Gasteiger charge is -2.37. The van der Waals surface area contributed by atoms with Gasteiger partial charge in [-0.1, -0.05) is 23.5 Å². The third kappa shape index (κ3) is 3.84. The standard InChI is InChI=1S/C20H23N5OS/c1-13-12-25(7-6-24(13)3)19(26)10-18-9-17-8-15(4-5-16(17)11-21-18)20-23-22-14(2)27-20/h4-5,8-9,11,13H,6-7,10,12H2,1-3H3/t13-/m0/s1. The van der Waals surface area contributed by atoms with Crippen LogP contribution in [0.25, 0.3) is 21.3 Å². The van der Waals surface area contributed by atoms with Crippen LogP contribution in [-0.4, -0.2) is 63.6 Å². The normalized spacial score (nSPS) is 18.2. The van der Waals surface area contributed by atoms with Gasteiger partial charge in [-0.3, -0.25) is 9.78 Å². The molecule has 140 valence electrons. The molecule has 1 amide bonds. The Kier molecular flexibility index (Phi) is 4.88. The van der Waals surface area contributed by atoms with Gasteiger partial charge in [0.1, 0.15) is 10.0 Å². The second-order valence-corrected chi connectivity index (χ2v) is 8.39. The molecule has 1 fully saturated rings. The molecule has 0 spiro atoms. The fraction of sp³-hybridized carbons (Fsp3) is 0.400. The van der Waals surface area contributed by atoms with Gasteiger partial charge in [-0.25, -0.2) is 0 Å². The maximum atomic E-state index is 12.7. The van der Waals surface area contributed by atoms with Gasteiger partial charge in [-0.2, -0.15) is 0 Å². The molecular formula is C20H23N5OS. The van der Waals surface area contributed by atoms with Crippen LogP contribution >= 0.6 is 11.3 Å². The summed E-state index contributed by atoms with van der Waals surface area (Å²) in [5.41, 5.74) is 1.86. The number of hydrogen-bond donors (Lipinski definition) is 0. The van der Waals surface area contributed by atoms with Crippen molar-refractivity contribution < 1.29 is 4.79 Å². The van der Waals surface area contributed by atoms with Crippen molar-refractivity contribution in [3.8, 4) is 10.6 Å². The first-order valence-corrected chi connectivity index (χ1v) is 9.98. The number of piperazine rings is 1. The molecule has 3 heterocycles. The van der Waals surface area contributed by atoms with Crippen molar-refractivity contribution in [2.75, 3.05) is 26.7 Å². The molecule has 0 aliphatic carbocycles. The molecule has 0 N–H and O–H groups in total. The number of rotatable bonds is 3. The van der Waals surface area contributed by atoms with Crippen LogP contribution in [0.2, 0.25) is 0 Å². The van der Waals surface area contributed by atoms with E-state index < -0.39 is 0 Å². The van der Waals surface area contributed by atoms with Crippen LogP contribution in [0.4, 0.5) is 0 Å². The molecule has 27 heavy (non-hydrogen) atoms. The van der Waals surface area contributed by atoms with Gasteiger partial charge in [0.25, 0.3) is 0 Å². The third-order valence-electron chi connectivity index (χ3n) is 5.20. The molecule has 1 aromatic carbocycles. The van der Waals surface area contributed by atoms with Gasteiger partial charge in [-0.15, -0.1) is 10.2 Å². The van der Waals surface area contributed by atoms with Gasteiger partial charge in [0.2, 0.25) is 5.91 Å². The number of likely N-dealkylation sites (N-methyl/N-ethyl adjacent to an activating group) is 1. The van der Waals surface area contributed by atoms with Crippen molar-refractivity contribution in [2.24, 2.45) is 0 Å². The van der Waals surface area contributed by atoms with Crippen LogP contribution in [0.15, 0.2) is 30.5 Å². The molecule has 2 aromatic heterocycles. The summed E-state index contributed by atoms with van der Waals surface area (Å²) in [6.07, 6.45) is 2.19. The lowest BCUT2D eigenvalue weighted by Crippen LogP contribution is -2.52. The number of aromatic nitrogens is 3. The van der Waals surface area contributed by atoms with Crippen molar-refractivity contribution in [3.63, 3.8) is 0 Å². The largest absolute Gasteiger partial charge is 0.340 e. The van der Waals surface area contributed by atoms with Crippen molar-refractivity contribution in [2.45, 2.75) is 26.3 Å². The minimum absolute atomic E-state index is 0.151. The first-order chi connectivity index (χ1) is 13.0. The number of benzene rings is 1. The Morgan fingerprint density at radius 3 is 2.81 bits per heavy atom. The van der Waals surface area contributed by atoms with Crippen LogP contribution in [0.1, 0.15) is 17.6 Å². The molecular weight excluding hydrogens is 358 g/mol. The van der Waals surface area contributed by atoms with Gasteiger partial charge < -0.3 is 9.80 Å². The Morgan fingerprint density at radius 1 is 1.22 bits per heavy atom. The quantitative estimate of drug-likeness (QED) is 0.698. The van der Waals surface area contributed by atoms with Gasteiger partial charge in [-0.05, 0) is 38.4 Å². The molecule has 0 saturated carbocycles. The Labute approximate surface area is 162 Å². The average molecular weight is 382 g/mol. The predicted octanol–water partition coefficient (Wildman–Crippen LogP) is 2.77. The Morgan fingerprint density at radius 2 is 2.07 bits per heavy atom. The number of fused-ring (bicyclic) bond motifs is 1. The molecule has 6 nitrogen and oxygen atoms in total. The molecule has 0 unspecified atom stereocenters. The number of hydrogen-bond acceptors (Lipinski definition) is 6. The number of carbonyl (C=O) groups is 1. The molecule has 0 bridgehead atoms. The maximum absolute atomic E-state index is 12.7. The number of amides is 1. The second-order valence-electron chi connectivity index (χ2n) is 7.21. The summed E-state index contributed by atoms with van der Waals surface area (Å²) >= 11 is 1.58. The summed E-state index contributed by atoms with van der Waals surface area (Å²) in [5, 5.41) is 12.3. The fourth-order valence-corrected chi connectivity index (χ4v) is 4.06. The summed E-state index contributed by atoms with van der Waals surface area (Å²) < 4.78 is 0. The van der Waals surface area contributed by atoms with E-state index in [1.54, 1.807) is 11.3 Å². The number of aryl methyl sites for hydroxylation is 1. The average Bonchev–Trinajstić information content (AvgIpc) is 3.09. The third-order valence-corrected chi connectivity index (χ3v) is 6.08. The zero-order valence-corrected chi connectivity index (χ0v) is 16.7. The molecule has 1 aliphatic rings. The van der Waals surface area contributed by atoms with E-state index in [1.165, 1.54) is 0 Å². The van der Waals surface area contributed by atoms with Crippen LogP contribution in [-0.2, 0) is 11.2 Å². The van der Waals surface area contributed by atoms with Crippen LogP contribution in [0, 0.1) is 6.92 Å². The van der Waals surface area contributed by atoms with E-state index in [2.05, 4.69) is 40.1 Å². The van der Waals surface area contributed by atoms with Gasteiger partial charge >= 0.3 is 0 Å². The summed E-state index contributed by atoms with van der Waals surface area (Å²) in [6, 6.07) is 8.60. The monoisotopic (exact) mass is 381 g/mol. The highest BCUT2D eigenvalue weighted by Gasteiger charge is 2.24. The minimum atomic E-state index is 0.151. The molecule has 4 rings (SSSR count). The van der Waals surface area contributed by atoms with Crippen LogP contribution < -0.4 is 0 Å². The van der Waals surface area contributed by atoms with E-state index in [-0.39, 0.29) is 5.91 Å². The van der Waals surface area contributed by atoms with Crippen molar-refractivity contribution in [3.05, 3.63) is 41.2 Å². The Balaban J connectivity index is 1.54. The molecule has 0 radical (unpaired) electrons. The molecule has 7 heteroatoms. The van der Waals surface area contributed by atoms with Crippen LogP contribution in [0.5, 0.6) is 0 Å². The molecule has 1 atom stereocenters. The summed E-state index contributed by atoms with van der Waals surface area (Å²) in [7, 11) is 2.11. The Bertz CT molecular complexity index is 985. The second kappa shape index (κ2) is 7.32. The highest BCUT2D eigenvalue weighted by molar-refractivity contribution is 7.14. The van der Waals surface area contributed by atoms with E-state index in [0.717, 1.165) is 51.7 Å². The number of pyridine rings is 1. The highest BCUT2D eigenvalue weighted by atomic mass is 32.1. The smallest absolute Gasteiger partial charge is 0.228 e. The molecule has 1 saturated heterocycles. The maximum Gasteiger partial charge on any atom is 0.228 e. The van der Waals surface area contributed by atoms with E-state index in [0.29, 0.717) is 12.5 Å². The van der Waals surface area contributed by atoms with E-state index in [9.17, 15) is 4.79 Å². The minimum Gasteiger partial charge on any atom is -0.340 e. The van der Waals surface area contributed by atoms with Gasteiger partial charge in [0, 0.05) is 42.8 Å². The SMILES string of the molecule is Cc1nnc(-c2ccc3cnc(CC(=O)N4CCN(C)[C@@H](C)C4)cc3c2)s1. The lowest BCUT2D eigenvalue weighted by atomic mass is 10.1. The first kappa shape index (κ1) is 18.0. The van der Waals surface area contributed by atoms with E-state index in [4.69, 9.17) is 0 Å². The molecule has 1 aliphatic heterocycles. The molecule has 3 aromatic rings. The van der Waals surface area contributed by atoms with Crippen molar-refractivity contribution >= 4 is 28.0 Å². The van der Waals surface area contributed by atoms with Crippen molar-refractivity contribution in [1.82, 2.24) is 25.0 Å². The van der Waals surface area contributed by atoms with E-state index in [1.807, 2.05) is 36.2 Å². The number of nitrogens with zero attached hydrogens (tertiary/aromatic N) is 5. The zero-order chi connectivity index (χ0) is 19.0. The van der Waals surface area contributed by atoms with Crippen molar-refractivity contribution in [1.29, 1.82) is 0 Å². The first-order valence-electron chi connectivity index (χ1n) is 9.17.